The van der Waals surface area contributed by atoms with Gasteiger partial charge in [0.25, 0.3) is 11.8 Å². The number of halogens is 2. The number of rotatable bonds is 4. The average Bonchev–Trinajstić information content (AvgIpc) is 3.30. The summed E-state index contributed by atoms with van der Waals surface area (Å²) in [6.45, 7) is 0. The largest absolute Gasteiger partial charge is 0.507 e. The minimum atomic E-state index is -1.65. The van der Waals surface area contributed by atoms with E-state index >= 15 is 0 Å². The van der Waals surface area contributed by atoms with Crippen molar-refractivity contribution in [2.45, 2.75) is 5.92 Å². The van der Waals surface area contributed by atoms with Gasteiger partial charge in [-0.05, 0) is 42.5 Å². The number of hydrogen-bond donors (Lipinski definition) is 2. The van der Waals surface area contributed by atoms with Crippen molar-refractivity contribution in [1.29, 1.82) is 0 Å². The van der Waals surface area contributed by atoms with E-state index in [1.807, 2.05) is 0 Å². The number of carbonyl (C=O) groups is 4. The number of hydrogen-bond acceptors (Lipinski definition) is 8. The molecule has 1 aliphatic heterocycles. The summed E-state index contributed by atoms with van der Waals surface area (Å²) in [7, 11) is 0. The smallest absolute Gasteiger partial charge is 0.302 e. The Bertz CT molecular complexity index is 1610. The molecule has 37 heavy (non-hydrogen) atoms. The highest BCUT2D eigenvalue weighted by Crippen LogP contribution is 2.34. The van der Waals surface area contributed by atoms with E-state index in [9.17, 15) is 24.3 Å². The predicted molar refractivity (Wildman–Crippen MR) is 134 cm³/mol. The molecule has 1 saturated heterocycles. The summed E-state index contributed by atoms with van der Waals surface area (Å²) in [5.74, 6) is -6.44. The number of aromatic nitrogens is 1. The standard InChI is InChI=1S/C25H14Cl2N4O6/c26-12-9-10-16(14(27)11-12)31-24(35)20(29-30-22(34)13-5-1-3-7-17(13)32)19(21(33)25(31)36)23-28-15-6-2-4-8-18(15)37-23/h1-11,19,32H,(H,30,34)/b29-20+. The summed E-state index contributed by atoms with van der Waals surface area (Å²) in [6.07, 6.45) is 0. The Morgan fingerprint density at radius 1 is 1.00 bits per heavy atom. The molecule has 1 fully saturated rings. The molecule has 2 N–H and O–H groups in total. The van der Waals surface area contributed by atoms with Gasteiger partial charge in [-0.25, -0.2) is 15.3 Å². The number of phenols is 1. The summed E-state index contributed by atoms with van der Waals surface area (Å²) in [5, 5.41) is 14.0. The number of oxazole rings is 1. The second-order valence-electron chi connectivity index (χ2n) is 7.81. The molecular weight excluding hydrogens is 523 g/mol. The van der Waals surface area contributed by atoms with Crippen LogP contribution >= 0.6 is 23.2 Å². The van der Waals surface area contributed by atoms with E-state index < -0.39 is 35.1 Å². The molecule has 0 saturated carbocycles. The topological polar surface area (TPSA) is 142 Å². The molecular formula is C25H14Cl2N4O6. The van der Waals surface area contributed by atoms with E-state index in [0.717, 1.165) is 0 Å². The average molecular weight is 537 g/mol. The van der Waals surface area contributed by atoms with Crippen LogP contribution in [0.4, 0.5) is 5.69 Å². The predicted octanol–water partition coefficient (Wildman–Crippen LogP) is 3.85. The second kappa shape index (κ2) is 9.49. The molecule has 0 radical (unpaired) electrons. The van der Waals surface area contributed by atoms with E-state index in [4.69, 9.17) is 27.6 Å². The third-order valence-corrected chi connectivity index (χ3v) is 6.04. The first-order chi connectivity index (χ1) is 17.8. The van der Waals surface area contributed by atoms with Gasteiger partial charge in [-0.3, -0.25) is 19.2 Å². The summed E-state index contributed by atoms with van der Waals surface area (Å²) in [4.78, 5) is 57.5. The van der Waals surface area contributed by atoms with Crippen molar-refractivity contribution in [3.63, 3.8) is 0 Å². The SMILES string of the molecule is O=C(N/N=C1/C(=O)N(c2ccc(Cl)cc2Cl)C(=O)C(=O)C1c1nc2ccccc2o1)c1ccccc1O. The number of ketones is 1. The van der Waals surface area contributed by atoms with Crippen LogP contribution in [0.3, 0.4) is 0 Å². The molecule has 10 nitrogen and oxygen atoms in total. The number of hydrazone groups is 1. The van der Waals surface area contributed by atoms with Crippen molar-refractivity contribution < 1.29 is 28.7 Å². The number of fused-ring (bicyclic) bond motifs is 1. The van der Waals surface area contributed by atoms with Gasteiger partial charge in [-0.15, -0.1) is 0 Å². The number of nitrogens with one attached hydrogen (secondary N) is 1. The van der Waals surface area contributed by atoms with E-state index in [0.29, 0.717) is 16.0 Å². The Balaban J connectivity index is 1.61. The number of amides is 3. The molecule has 4 aromatic rings. The Morgan fingerprint density at radius 3 is 2.46 bits per heavy atom. The first-order valence-electron chi connectivity index (χ1n) is 10.7. The van der Waals surface area contributed by atoms with Gasteiger partial charge in [0.2, 0.25) is 11.7 Å². The van der Waals surface area contributed by atoms with Gasteiger partial charge in [0.05, 0.1) is 16.3 Å². The van der Waals surface area contributed by atoms with Crippen LogP contribution in [-0.2, 0) is 14.4 Å². The van der Waals surface area contributed by atoms with E-state index in [-0.39, 0.29) is 32.9 Å². The van der Waals surface area contributed by atoms with Crippen molar-refractivity contribution in [1.82, 2.24) is 10.4 Å². The molecule has 1 aromatic heterocycles. The summed E-state index contributed by atoms with van der Waals surface area (Å²) < 4.78 is 5.66. The lowest BCUT2D eigenvalue weighted by molar-refractivity contribution is -0.139. The van der Waals surface area contributed by atoms with E-state index in [2.05, 4.69) is 15.5 Å². The number of imide groups is 1. The quantitative estimate of drug-likeness (QED) is 0.229. The lowest BCUT2D eigenvalue weighted by atomic mass is 9.91. The first kappa shape index (κ1) is 24.2. The highest BCUT2D eigenvalue weighted by molar-refractivity contribution is 6.67. The van der Waals surface area contributed by atoms with Gasteiger partial charge < -0.3 is 9.52 Å². The van der Waals surface area contributed by atoms with Gasteiger partial charge in [0.15, 0.2) is 11.5 Å². The number of aromatic hydroxyl groups is 1. The van der Waals surface area contributed by atoms with Crippen LogP contribution in [0, 0.1) is 0 Å². The maximum absolute atomic E-state index is 13.6. The molecule has 0 spiro atoms. The molecule has 2 heterocycles. The number of Topliss-reactive ketones (excluding diaryl/α,β-unsaturated/α-hetero) is 1. The molecule has 1 aliphatic rings. The third-order valence-electron chi connectivity index (χ3n) is 5.51. The lowest BCUT2D eigenvalue weighted by Crippen LogP contribution is -2.55. The van der Waals surface area contributed by atoms with Crippen molar-refractivity contribution in [2.75, 3.05) is 4.90 Å². The van der Waals surface area contributed by atoms with E-state index in [1.54, 1.807) is 24.3 Å². The number of benzene rings is 3. The van der Waals surface area contributed by atoms with Crippen molar-refractivity contribution >= 4 is 69.2 Å². The molecule has 0 bridgehead atoms. The molecule has 1 atom stereocenters. The zero-order chi connectivity index (χ0) is 26.3. The van der Waals surface area contributed by atoms with Crippen LogP contribution < -0.4 is 10.3 Å². The number of piperidine rings is 1. The first-order valence-corrected chi connectivity index (χ1v) is 11.4. The van der Waals surface area contributed by atoms with Gasteiger partial charge in [0.1, 0.15) is 17.0 Å². The minimum Gasteiger partial charge on any atom is -0.507 e. The van der Waals surface area contributed by atoms with Crippen LogP contribution in [0.5, 0.6) is 5.75 Å². The fourth-order valence-electron chi connectivity index (χ4n) is 3.76. The van der Waals surface area contributed by atoms with Gasteiger partial charge >= 0.3 is 5.91 Å². The molecule has 0 aliphatic carbocycles. The summed E-state index contributed by atoms with van der Waals surface area (Å²) >= 11 is 12.1. The van der Waals surface area contributed by atoms with Crippen LogP contribution in [0.1, 0.15) is 22.2 Å². The number of nitrogens with zero attached hydrogens (tertiary/aromatic N) is 3. The molecule has 12 heteroatoms. The lowest BCUT2D eigenvalue weighted by Gasteiger charge is -2.29. The minimum absolute atomic E-state index is 0.0695. The number of carbonyl (C=O) groups excluding carboxylic acids is 4. The van der Waals surface area contributed by atoms with Gasteiger partial charge in [-0.1, -0.05) is 47.5 Å². The van der Waals surface area contributed by atoms with E-state index in [1.165, 1.54) is 42.5 Å². The molecule has 3 aromatic carbocycles. The number of phenolic OH excluding ortho intramolecular Hbond substituents is 1. The Kier molecular flexibility index (Phi) is 6.20. The van der Waals surface area contributed by atoms with Crippen LogP contribution in [-0.4, -0.2) is 39.3 Å². The monoisotopic (exact) mass is 536 g/mol. The number of anilines is 1. The van der Waals surface area contributed by atoms with Crippen LogP contribution in [0.2, 0.25) is 10.0 Å². The Morgan fingerprint density at radius 2 is 1.73 bits per heavy atom. The van der Waals surface area contributed by atoms with Crippen molar-refractivity contribution in [2.24, 2.45) is 5.10 Å². The summed E-state index contributed by atoms with van der Waals surface area (Å²) in [6, 6.07) is 16.2. The summed E-state index contributed by atoms with van der Waals surface area (Å²) in [5.41, 5.74) is 2.06. The van der Waals surface area contributed by atoms with Crippen LogP contribution in [0.15, 0.2) is 76.2 Å². The molecule has 5 rings (SSSR count). The van der Waals surface area contributed by atoms with Crippen molar-refractivity contribution in [3.05, 3.63) is 88.2 Å². The fraction of sp³-hybridized carbons (Fsp3) is 0.0400. The maximum atomic E-state index is 13.6. The molecule has 184 valence electrons. The zero-order valence-corrected chi connectivity index (χ0v) is 20.0. The highest BCUT2D eigenvalue weighted by atomic mass is 35.5. The zero-order valence-electron chi connectivity index (χ0n) is 18.5. The maximum Gasteiger partial charge on any atom is 0.302 e. The third kappa shape index (κ3) is 4.32. The van der Waals surface area contributed by atoms with Gasteiger partial charge in [-0.2, -0.15) is 5.10 Å². The van der Waals surface area contributed by atoms with Crippen LogP contribution in [0.25, 0.3) is 11.1 Å². The highest BCUT2D eigenvalue weighted by Gasteiger charge is 2.50. The normalized spacial score (nSPS) is 17.0. The molecule has 1 unspecified atom stereocenters. The van der Waals surface area contributed by atoms with Gasteiger partial charge in [0, 0.05) is 5.02 Å². The Labute approximate surface area is 218 Å². The van der Waals surface area contributed by atoms with Crippen molar-refractivity contribution in [3.8, 4) is 5.75 Å². The fourth-order valence-corrected chi connectivity index (χ4v) is 4.25. The Hall–Kier alpha value is -4.54. The number of para-hydroxylation sites is 3. The molecule has 3 amide bonds. The second-order valence-corrected chi connectivity index (χ2v) is 8.66.